The molecule has 0 saturated carbocycles. The van der Waals surface area contributed by atoms with Crippen LogP contribution in [0.5, 0.6) is 0 Å². The number of aromatic carboxylic acids is 1. The molecular weight excluding hydrogens is 260 g/mol. The monoisotopic (exact) mass is 270 g/mol. The van der Waals surface area contributed by atoms with Crippen LogP contribution in [0.15, 0.2) is 20.9 Å². The molecule has 2 rings (SSSR count). The summed E-state index contributed by atoms with van der Waals surface area (Å²) in [6.45, 7) is 1.96. The molecule has 0 unspecified atom stereocenters. The topological polar surface area (TPSA) is 76.2 Å². The lowest BCUT2D eigenvalue weighted by molar-refractivity contribution is 0.0702. The first-order chi connectivity index (χ1) is 8.19. The molecule has 0 aliphatic carbocycles. The number of carboxylic acid groups (broad SMARTS) is 1. The number of hydrogen-bond donors (Lipinski definition) is 1. The summed E-state index contributed by atoms with van der Waals surface area (Å²) in [4.78, 5) is 16.1. The number of thiophene rings is 1. The fourth-order valence-corrected chi connectivity index (χ4v) is 2.85. The van der Waals surface area contributed by atoms with Crippen molar-refractivity contribution in [3.63, 3.8) is 0 Å². The van der Waals surface area contributed by atoms with Crippen molar-refractivity contribution in [2.24, 2.45) is 0 Å². The Morgan fingerprint density at radius 1 is 1.65 bits per heavy atom. The molecule has 0 atom stereocenters. The predicted octanol–water partition coefficient (Wildman–Crippen LogP) is 2.68. The minimum absolute atomic E-state index is 0.340. The van der Waals surface area contributed by atoms with Gasteiger partial charge in [0.1, 0.15) is 4.88 Å². The summed E-state index contributed by atoms with van der Waals surface area (Å²) in [6, 6.07) is 1.65. The smallest absolute Gasteiger partial charge is 0.345 e. The third kappa shape index (κ3) is 3.07. The van der Waals surface area contributed by atoms with Gasteiger partial charge >= 0.3 is 5.97 Å². The molecule has 1 N–H and O–H groups in total. The Hall–Kier alpha value is -1.34. The molecule has 0 fully saturated rings. The number of rotatable bonds is 5. The van der Waals surface area contributed by atoms with Gasteiger partial charge in [-0.1, -0.05) is 12.1 Å². The molecule has 5 nitrogen and oxygen atoms in total. The zero-order chi connectivity index (χ0) is 12.3. The van der Waals surface area contributed by atoms with Crippen LogP contribution >= 0.6 is 23.1 Å². The molecule has 0 aromatic carbocycles. The zero-order valence-corrected chi connectivity index (χ0v) is 10.7. The Bertz CT molecular complexity index is 521. The summed E-state index contributed by atoms with van der Waals surface area (Å²) in [5.41, 5.74) is 0. The second kappa shape index (κ2) is 5.33. The molecule has 0 saturated heterocycles. The molecule has 2 heterocycles. The molecular formula is C10H10N2O3S2. The van der Waals surface area contributed by atoms with Gasteiger partial charge in [0, 0.05) is 16.7 Å². The first-order valence-corrected chi connectivity index (χ1v) is 6.81. The number of aryl methyl sites for hydroxylation is 1. The quantitative estimate of drug-likeness (QED) is 0.842. The summed E-state index contributed by atoms with van der Waals surface area (Å²) in [7, 11) is 0. The van der Waals surface area contributed by atoms with Crippen molar-refractivity contribution in [2.45, 2.75) is 24.0 Å². The molecule has 0 aliphatic heterocycles. The first kappa shape index (κ1) is 12.1. The predicted molar refractivity (Wildman–Crippen MR) is 64.5 cm³/mol. The minimum atomic E-state index is -0.895. The Morgan fingerprint density at radius 3 is 3.06 bits per heavy atom. The largest absolute Gasteiger partial charge is 0.477 e. The van der Waals surface area contributed by atoms with Crippen LogP contribution in [0, 0.1) is 0 Å². The average Bonchev–Trinajstić information content (AvgIpc) is 2.95. The van der Waals surface area contributed by atoms with Gasteiger partial charge in [-0.2, -0.15) is 4.98 Å². The Balaban J connectivity index is 1.94. The molecule has 0 bridgehead atoms. The Morgan fingerprint density at radius 2 is 2.47 bits per heavy atom. The third-order valence-electron chi connectivity index (χ3n) is 1.97. The minimum Gasteiger partial charge on any atom is -0.477 e. The van der Waals surface area contributed by atoms with E-state index >= 15 is 0 Å². The highest BCUT2D eigenvalue weighted by Gasteiger charge is 2.09. The summed E-state index contributed by atoms with van der Waals surface area (Å²) in [5, 5.41) is 14.4. The van der Waals surface area contributed by atoms with Crippen LogP contribution in [-0.2, 0) is 12.2 Å². The third-order valence-corrected chi connectivity index (χ3v) is 4.00. The van der Waals surface area contributed by atoms with Gasteiger partial charge in [0.15, 0.2) is 5.82 Å². The number of carbonyl (C=O) groups is 1. The molecule has 0 radical (unpaired) electrons. The van der Waals surface area contributed by atoms with Crippen LogP contribution in [-0.4, -0.2) is 21.2 Å². The van der Waals surface area contributed by atoms with Crippen molar-refractivity contribution in [1.82, 2.24) is 10.1 Å². The number of carboxylic acids is 1. The highest BCUT2D eigenvalue weighted by atomic mass is 32.2. The Labute approximate surface area is 106 Å². The molecule has 0 aliphatic rings. The van der Waals surface area contributed by atoms with E-state index in [0.717, 1.165) is 11.3 Å². The second-order valence-electron chi connectivity index (χ2n) is 3.20. The van der Waals surface area contributed by atoms with E-state index in [4.69, 9.17) is 9.63 Å². The molecule has 2 aromatic rings. The highest BCUT2D eigenvalue weighted by Crippen LogP contribution is 2.27. The number of thioether (sulfide) groups is 1. The average molecular weight is 270 g/mol. The van der Waals surface area contributed by atoms with Gasteiger partial charge in [-0.25, -0.2) is 4.79 Å². The normalized spacial score (nSPS) is 10.6. The van der Waals surface area contributed by atoms with Crippen LogP contribution in [0.2, 0.25) is 0 Å². The van der Waals surface area contributed by atoms with Gasteiger partial charge in [-0.05, 0) is 6.07 Å². The zero-order valence-electron chi connectivity index (χ0n) is 9.04. The van der Waals surface area contributed by atoms with Gasteiger partial charge < -0.3 is 9.63 Å². The van der Waals surface area contributed by atoms with Crippen LogP contribution in [0.25, 0.3) is 0 Å². The summed E-state index contributed by atoms with van der Waals surface area (Å²) >= 11 is 2.70. The maximum atomic E-state index is 10.7. The van der Waals surface area contributed by atoms with Gasteiger partial charge in [-0.15, -0.1) is 23.1 Å². The van der Waals surface area contributed by atoms with E-state index in [1.165, 1.54) is 23.1 Å². The van der Waals surface area contributed by atoms with Gasteiger partial charge in [0.05, 0.1) is 5.75 Å². The van der Waals surface area contributed by atoms with Crippen molar-refractivity contribution in [3.8, 4) is 0 Å². The second-order valence-corrected chi connectivity index (χ2v) is 5.16. The maximum Gasteiger partial charge on any atom is 0.345 e. The Kier molecular flexibility index (Phi) is 3.80. The SMILES string of the molecule is CCc1noc(CSc2csc(C(=O)O)c2)n1. The van der Waals surface area contributed by atoms with Gasteiger partial charge in [0.2, 0.25) is 5.89 Å². The van der Waals surface area contributed by atoms with Gasteiger partial charge in [-0.3, -0.25) is 0 Å². The fraction of sp³-hybridized carbons (Fsp3) is 0.300. The van der Waals surface area contributed by atoms with Crippen molar-refractivity contribution in [3.05, 3.63) is 28.0 Å². The van der Waals surface area contributed by atoms with E-state index in [1.807, 2.05) is 12.3 Å². The number of nitrogens with zero attached hydrogens (tertiary/aromatic N) is 2. The maximum absolute atomic E-state index is 10.7. The van der Waals surface area contributed by atoms with E-state index in [1.54, 1.807) is 6.07 Å². The molecule has 7 heteroatoms. The standard InChI is InChI=1S/C10H10N2O3S2/c1-2-8-11-9(15-12-8)5-16-6-3-7(10(13)14)17-4-6/h3-4H,2,5H2,1H3,(H,13,14). The van der Waals surface area contributed by atoms with Crippen LogP contribution in [0.3, 0.4) is 0 Å². The summed E-state index contributed by atoms with van der Waals surface area (Å²) < 4.78 is 5.04. The molecule has 0 amide bonds. The van der Waals surface area contributed by atoms with E-state index < -0.39 is 5.97 Å². The lowest BCUT2D eigenvalue weighted by Gasteiger charge is -1.91. The van der Waals surface area contributed by atoms with Crippen molar-refractivity contribution in [1.29, 1.82) is 0 Å². The van der Waals surface area contributed by atoms with E-state index in [-0.39, 0.29) is 0 Å². The number of hydrogen-bond acceptors (Lipinski definition) is 6. The molecule has 2 aromatic heterocycles. The van der Waals surface area contributed by atoms with Gasteiger partial charge in [0.25, 0.3) is 0 Å². The first-order valence-electron chi connectivity index (χ1n) is 4.95. The molecule has 90 valence electrons. The van der Waals surface area contributed by atoms with Crippen LogP contribution in [0.4, 0.5) is 0 Å². The van der Waals surface area contributed by atoms with E-state index in [0.29, 0.717) is 22.3 Å². The highest BCUT2D eigenvalue weighted by molar-refractivity contribution is 7.98. The van der Waals surface area contributed by atoms with Crippen molar-refractivity contribution < 1.29 is 14.4 Å². The van der Waals surface area contributed by atoms with Crippen molar-refractivity contribution in [2.75, 3.05) is 0 Å². The van der Waals surface area contributed by atoms with Crippen LogP contribution in [0.1, 0.15) is 28.3 Å². The number of aromatic nitrogens is 2. The summed E-state index contributed by atoms with van der Waals surface area (Å²) in [6.07, 6.45) is 0.746. The molecule has 17 heavy (non-hydrogen) atoms. The fourth-order valence-electron chi connectivity index (χ4n) is 1.14. The van der Waals surface area contributed by atoms with Crippen molar-refractivity contribution >= 4 is 29.1 Å². The summed E-state index contributed by atoms with van der Waals surface area (Å²) in [5.74, 6) is 0.919. The lowest BCUT2D eigenvalue weighted by Crippen LogP contribution is -1.89. The molecule has 0 spiro atoms. The van der Waals surface area contributed by atoms with E-state index in [2.05, 4.69) is 10.1 Å². The van der Waals surface area contributed by atoms with Crippen LogP contribution < -0.4 is 0 Å². The van der Waals surface area contributed by atoms with E-state index in [9.17, 15) is 4.79 Å². The lowest BCUT2D eigenvalue weighted by atomic mass is 10.5.